The van der Waals surface area contributed by atoms with Crippen molar-refractivity contribution in [2.45, 2.75) is 91.9 Å². The molecule has 11 aromatic rings. The van der Waals surface area contributed by atoms with Gasteiger partial charge in [-0.2, -0.15) is 0 Å². The number of furan rings is 1. The van der Waals surface area contributed by atoms with E-state index in [-0.39, 0.29) is 10.8 Å². The number of para-hydroxylation sites is 2. The second-order valence-corrected chi connectivity index (χ2v) is 22.7. The fourth-order valence-electron chi connectivity index (χ4n) is 10.8. The van der Waals surface area contributed by atoms with E-state index in [9.17, 15) is 0 Å². The fraction of sp³-hybridized carbons (Fsp3) is 0.200. The van der Waals surface area contributed by atoms with E-state index in [0.717, 1.165) is 55.5 Å². The van der Waals surface area contributed by atoms with E-state index in [1.54, 1.807) is 0 Å². The summed E-state index contributed by atoms with van der Waals surface area (Å²) < 4.78 is 6.93. The summed E-state index contributed by atoms with van der Waals surface area (Å²) >= 11 is 0. The van der Waals surface area contributed by atoms with Crippen LogP contribution in [-0.2, 0) is 10.8 Å². The van der Waals surface area contributed by atoms with E-state index in [1.165, 1.54) is 66.7 Å². The fourth-order valence-corrected chi connectivity index (χ4v) is 10.8. The van der Waals surface area contributed by atoms with Gasteiger partial charge in [-0.15, -0.1) is 0 Å². The summed E-state index contributed by atoms with van der Waals surface area (Å²) in [4.78, 5) is 4.95. The number of rotatable bonds is 10. The predicted octanol–water partition coefficient (Wildman–Crippen LogP) is 21.0. The molecule has 362 valence electrons. The van der Waals surface area contributed by atoms with Gasteiger partial charge in [-0.05, 0) is 150 Å². The van der Waals surface area contributed by atoms with Crippen LogP contribution >= 0.6 is 0 Å². The maximum Gasteiger partial charge on any atom is 0.136 e. The highest BCUT2D eigenvalue weighted by molar-refractivity contribution is 6.14. The molecular weight excluding hydrogens is 885 g/mol. The topological polar surface area (TPSA) is 19.6 Å². The zero-order valence-electron chi connectivity index (χ0n) is 44.1. The molecule has 1 aromatic heterocycles. The summed E-state index contributed by atoms with van der Waals surface area (Å²) in [5.41, 5.74) is 18.7. The van der Waals surface area contributed by atoms with Crippen molar-refractivity contribution >= 4 is 77.6 Å². The standard InChI is InChI=1S/C70H66N2O/c1-45(2)59-23-17-25-61(47-19-13-11-14-20-47)67(59)71(55-35-29-53(30-36-55)69(5,6)7)57-33-27-49-41-63-64-42-50-28-34-58(40-52(50)44-66(64)73-65(63)43-51(49)39-57)72(56-37-31-54(32-38-56)70(8,9)10)68-60(46(3)4)24-18-26-62(68)48-21-15-12-16-22-48/h11-46H,1-10H3. The lowest BCUT2D eigenvalue weighted by atomic mass is 9.87. The molecule has 0 saturated heterocycles. The molecule has 0 bridgehead atoms. The van der Waals surface area contributed by atoms with Crippen molar-refractivity contribution in [1.29, 1.82) is 0 Å². The Morgan fingerprint density at radius 3 is 1.07 bits per heavy atom. The second kappa shape index (κ2) is 18.6. The van der Waals surface area contributed by atoms with E-state index >= 15 is 0 Å². The lowest BCUT2D eigenvalue weighted by Crippen LogP contribution is -2.15. The van der Waals surface area contributed by atoms with E-state index in [0.29, 0.717) is 11.8 Å². The van der Waals surface area contributed by atoms with Crippen molar-refractivity contribution in [3.05, 3.63) is 229 Å². The van der Waals surface area contributed by atoms with Gasteiger partial charge >= 0.3 is 0 Å². The van der Waals surface area contributed by atoms with Crippen molar-refractivity contribution in [2.75, 3.05) is 9.80 Å². The van der Waals surface area contributed by atoms with Gasteiger partial charge in [-0.3, -0.25) is 0 Å². The van der Waals surface area contributed by atoms with E-state index < -0.39 is 0 Å². The second-order valence-electron chi connectivity index (χ2n) is 22.7. The summed E-state index contributed by atoms with van der Waals surface area (Å²) in [7, 11) is 0. The molecule has 3 heteroatoms. The van der Waals surface area contributed by atoms with Crippen molar-refractivity contribution in [3.63, 3.8) is 0 Å². The zero-order chi connectivity index (χ0) is 50.8. The van der Waals surface area contributed by atoms with Gasteiger partial charge in [0.1, 0.15) is 11.2 Å². The third-order valence-electron chi connectivity index (χ3n) is 14.8. The molecule has 0 fully saturated rings. The summed E-state index contributed by atoms with van der Waals surface area (Å²) in [5, 5.41) is 6.83. The third-order valence-corrected chi connectivity index (χ3v) is 14.8. The number of fused-ring (bicyclic) bond motifs is 5. The largest absolute Gasteiger partial charge is 0.456 e. The summed E-state index contributed by atoms with van der Waals surface area (Å²) in [6.07, 6.45) is 0. The Hall–Kier alpha value is -7.88. The Labute approximate surface area is 432 Å². The molecule has 0 N–H and O–H groups in total. The average molecular weight is 951 g/mol. The minimum atomic E-state index is 0.0367. The molecule has 0 aliphatic heterocycles. The molecule has 0 amide bonds. The van der Waals surface area contributed by atoms with Gasteiger partial charge in [0.15, 0.2) is 0 Å². The third kappa shape index (κ3) is 8.97. The molecule has 10 aromatic carbocycles. The number of hydrogen-bond donors (Lipinski definition) is 0. The maximum atomic E-state index is 6.93. The summed E-state index contributed by atoms with van der Waals surface area (Å²) in [6.45, 7) is 22.9. The van der Waals surface area contributed by atoms with Crippen LogP contribution in [0.2, 0.25) is 0 Å². The smallest absolute Gasteiger partial charge is 0.136 e. The van der Waals surface area contributed by atoms with Crippen LogP contribution < -0.4 is 9.80 Å². The van der Waals surface area contributed by atoms with Crippen molar-refractivity contribution < 1.29 is 4.42 Å². The Morgan fingerprint density at radius 1 is 0.342 bits per heavy atom. The molecule has 0 spiro atoms. The first-order valence-electron chi connectivity index (χ1n) is 26.1. The van der Waals surface area contributed by atoms with Crippen molar-refractivity contribution in [3.8, 4) is 22.3 Å². The number of nitrogens with zero attached hydrogens (tertiary/aromatic N) is 2. The lowest BCUT2D eigenvalue weighted by Gasteiger charge is -2.32. The normalized spacial score (nSPS) is 12.2. The van der Waals surface area contributed by atoms with E-state index in [1.807, 2.05) is 0 Å². The van der Waals surface area contributed by atoms with Crippen LogP contribution in [0.25, 0.3) is 65.7 Å². The molecule has 0 radical (unpaired) electrons. The molecule has 1 heterocycles. The highest BCUT2D eigenvalue weighted by atomic mass is 16.3. The minimum absolute atomic E-state index is 0.0367. The number of benzene rings is 10. The first-order valence-corrected chi connectivity index (χ1v) is 26.1. The molecule has 0 unspecified atom stereocenters. The van der Waals surface area contributed by atoms with Crippen molar-refractivity contribution in [1.82, 2.24) is 0 Å². The van der Waals surface area contributed by atoms with Gasteiger partial charge < -0.3 is 14.2 Å². The average Bonchev–Trinajstić information content (AvgIpc) is 3.73. The van der Waals surface area contributed by atoms with Crippen LogP contribution in [0.15, 0.2) is 211 Å². The van der Waals surface area contributed by atoms with E-state index in [4.69, 9.17) is 4.42 Å². The van der Waals surface area contributed by atoms with Crippen LogP contribution in [0.1, 0.15) is 103 Å². The van der Waals surface area contributed by atoms with Gasteiger partial charge in [0.25, 0.3) is 0 Å². The van der Waals surface area contributed by atoms with Crippen LogP contribution in [0.4, 0.5) is 34.1 Å². The zero-order valence-corrected chi connectivity index (χ0v) is 44.1. The molecule has 0 atom stereocenters. The number of anilines is 6. The van der Waals surface area contributed by atoms with Gasteiger partial charge in [-0.1, -0.05) is 203 Å². The van der Waals surface area contributed by atoms with Crippen LogP contribution in [0, 0.1) is 0 Å². The Balaban J connectivity index is 1.06. The van der Waals surface area contributed by atoms with Gasteiger partial charge in [0.2, 0.25) is 0 Å². The monoisotopic (exact) mass is 951 g/mol. The summed E-state index contributed by atoms with van der Waals surface area (Å²) in [6, 6.07) is 76.5. The van der Waals surface area contributed by atoms with Gasteiger partial charge in [0.05, 0.1) is 11.4 Å². The molecular formula is C70H66N2O. The molecule has 0 saturated carbocycles. The van der Waals surface area contributed by atoms with Crippen LogP contribution in [0.5, 0.6) is 0 Å². The van der Waals surface area contributed by atoms with Crippen LogP contribution in [0.3, 0.4) is 0 Å². The Morgan fingerprint density at radius 2 is 0.712 bits per heavy atom. The van der Waals surface area contributed by atoms with Gasteiger partial charge in [-0.25, -0.2) is 0 Å². The van der Waals surface area contributed by atoms with Gasteiger partial charge in [0, 0.05) is 44.6 Å². The Bertz CT molecular complexity index is 3540. The highest BCUT2D eigenvalue weighted by Crippen LogP contribution is 2.49. The minimum Gasteiger partial charge on any atom is -0.456 e. The highest BCUT2D eigenvalue weighted by Gasteiger charge is 2.26. The van der Waals surface area contributed by atoms with Crippen molar-refractivity contribution in [2.24, 2.45) is 0 Å². The lowest BCUT2D eigenvalue weighted by molar-refractivity contribution is 0.590. The first-order chi connectivity index (χ1) is 35.1. The molecule has 0 aliphatic rings. The van der Waals surface area contributed by atoms with E-state index in [2.05, 4.69) is 285 Å². The maximum absolute atomic E-state index is 6.93. The molecule has 0 aliphatic carbocycles. The molecule has 11 rings (SSSR count). The quantitative estimate of drug-likeness (QED) is 0.136. The first kappa shape index (κ1) is 47.4. The SMILES string of the molecule is CC(C)c1cccc(-c2ccccc2)c1N(c1ccc(C(C)(C)C)cc1)c1ccc2cc3c(cc2c1)oc1cc2cc(N(c4ccc(C(C)(C)C)cc4)c4c(-c5ccccc5)cccc4C(C)C)ccc2cc13. The number of hydrogen-bond acceptors (Lipinski definition) is 3. The van der Waals surface area contributed by atoms with Crippen LogP contribution in [-0.4, -0.2) is 0 Å². The molecule has 73 heavy (non-hydrogen) atoms. The predicted molar refractivity (Wildman–Crippen MR) is 315 cm³/mol. The Kier molecular flexibility index (Phi) is 12.1. The molecule has 3 nitrogen and oxygen atoms in total. The summed E-state index contributed by atoms with van der Waals surface area (Å²) in [5.74, 6) is 0.589.